The van der Waals surface area contributed by atoms with E-state index in [0.29, 0.717) is 50.7 Å². The van der Waals surface area contributed by atoms with E-state index in [1.165, 1.54) is 11.0 Å². The molecule has 2 aromatic heterocycles. The second kappa shape index (κ2) is 8.63. The second-order valence-corrected chi connectivity index (χ2v) is 6.75. The Bertz CT molecular complexity index is 947. The molecule has 0 spiro atoms. The van der Waals surface area contributed by atoms with Gasteiger partial charge in [0.2, 0.25) is 11.8 Å². The Balaban J connectivity index is 1.23. The van der Waals surface area contributed by atoms with Crippen molar-refractivity contribution in [1.29, 1.82) is 0 Å². The number of hydrogen-bond acceptors (Lipinski definition) is 7. The summed E-state index contributed by atoms with van der Waals surface area (Å²) in [5.41, 5.74) is 0.958. The SMILES string of the molecule is O=C(CCc1ncc(-c2ccccc2)o1)N1CCN(C(=O)Cn2cnnn2)CC1. The van der Waals surface area contributed by atoms with Crippen LogP contribution in [0.4, 0.5) is 0 Å². The number of aromatic nitrogens is 5. The van der Waals surface area contributed by atoms with Crippen LogP contribution in [-0.2, 0) is 22.6 Å². The summed E-state index contributed by atoms with van der Waals surface area (Å²) in [6.07, 6.45) is 3.87. The van der Waals surface area contributed by atoms with E-state index in [2.05, 4.69) is 20.5 Å². The van der Waals surface area contributed by atoms with Crippen LogP contribution in [0.2, 0.25) is 0 Å². The number of hydrogen-bond donors (Lipinski definition) is 0. The number of amides is 2. The van der Waals surface area contributed by atoms with Crippen molar-refractivity contribution in [3.8, 4) is 11.3 Å². The third-order valence-corrected chi connectivity index (χ3v) is 4.84. The zero-order valence-corrected chi connectivity index (χ0v) is 15.8. The highest BCUT2D eigenvalue weighted by Gasteiger charge is 2.24. The molecule has 1 fully saturated rings. The van der Waals surface area contributed by atoms with Crippen LogP contribution in [0.5, 0.6) is 0 Å². The van der Waals surface area contributed by atoms with Crippen LogP contribution in [0.25, 0.3) is 11.3 Å². The van der Waals surface area contributed by atoms with Crippen LogP contribution >= 0.6 is 0 Å². The zero-order valence-electron chi connectivity index (χ0n) is 15.8. The molecular weight excluding hydrogens is 374 g/mol. The van der Waals surface area contributed by atoms with Gasteiger partial charge in [0.05, 0.1) is 6.20 Å². The number of aryl methyl sites for hydroxylation is 1. The van der Waals surface area contributed by atoms with Crippen LogP contribution in [0.1, 0.15) is 12.3 Å². The Hall–Kier alpha value is -3.56. The van der Waals surface area contributed by atoms with Gasteiger partial charge in [-0.1, -0.05) is 30.3 Å². The van der Waals surface area contributed by atoms with Gasteiger partial charge in [-0.05, 0) is 10.4 Å². The van der Waals surface area contributed by atoms with E-state index >= 15 is 0 Å². The largest absolute Gasteiger partial charge is 0.441 e. The molecule has 10 heteroatoms. The minimum Gasteiger partial charge on any atom is -0.441 e. The lowest BCUT2D eigenvalue weighted by molar-refractivity contribution is -0.140. The summed E-state index contributed by atoms with van der Waals surface area (Å²) >= 11 is 0. The average molecular weight is 395 g/mol. The molecule has 3 aromatic rings. The molecule has 0 atom stereocenters. The molecule has 4 rings (SSSR count). The summed E-state index contributed by atoms with van der Waals surface area (Å²) in [6, 6.07) is 9.73. The minimum atomic E-state index is -0.0578. The van der Waals surface area contributed by atoms with Gasteiger partial charge in [0.15, 0.2) is 11.7 Å². The van der Waals surface area contributed by atoms with Crippen molar-refractivity contribution in [1.82, 2.24) is 35.0 Å². The Labute approximate surface area is 167 Å². The molecule has 0 saturated carbocycles. The van der Waals surface area contributed by atoms with Gasteiger partial charge >= 0.3 is 0 Å². The second-order valence-electron chi connectivity index (χ2n) is 6.75. The molecule has 0 bridgehead atoms. The molecule has 0 radical (unpaired) electrons. The summed E-state index contributed by atoms with van der Waals surface area (Å²) in [6.45, 7) is 2.14. The first-order chi connectivity index (χ1) is 14.2. The van der Waals surface area contributed by atoms with Crippen molar-refractivity contribution in [2.24, 2.45) is 0 Å². The number of oxazole rings is 1. The van der Waals surface area contributed by atoms with Crippen LogP contribution in [0.15, 0.2) is 47.3 Å². The maximum Gasteiger partial charge on any atom is 0.244 e. The number of rotatable bonds is 6. The molecule has 0 unspecified atom stereocenters. The quantitative estimate of drug-likeness (QED) is 0.602. The van der Waals surface area contributed by atoms with E-state index in [4.69, 9.17) is 4.42 Å². The zero-order chi connectivity index (χ0) is 20.1. The number of nitrogens with zero attached hydrogens (tertiary/aromatic N) is 7. The summed E-state index contributed by atoms with van der Waals surface area (Å²) in [4.78, 5) is 32.5. The highest BCUT2D eigenvalue weighted by molar-refractivity contribution is 5.78. The lowest BCUT2D eigenvalue weighted by Gasteiger charge is -2.34. The summed E-state index contributed by atoms with van der Waals surface area (Å²) in [7, 11) is 0. The third-order valence-electron chi connectivity index (χ3n) is 4.84. The van der Waals surface area contributed by atoms with Crippen molar-refractivity contribution in [3.05, 3.63) is 48.7 Å². The average Bonchev–Trinajstić information content (AvgIpc) is 3.45. The maximum absolute atomic E-state index is 12.5. The predicted molar refractivity (Wildman–Crippen MR) is 101 cm³/mol. The van der Waals surface area contributed by atoms with Gasteiger partial charge in [-0.25, -0.2) is 9.67 Å². The first-order valence-corrected chi connectivity index (χ1v) is 9.45. The van der Waals surface area contributed by atoms with E-state index in [-0.39, 0.29) is 18.4 Å². The fraction of sp³-hybridized carbons (Fsp3) is 0.368. The smallest absolute Gasteiger partial charge is 0.244 e. The maximum atomic E-state index is 12.5. The number of carbonyl (C=O) groups is 2. The van der Waals surface area contributed by atoms with E-state index in [1.54, 1.807) is 16.0 Å². The van der Waals surface area contributed by atoms with Crippen molar-refractivity contribution in [3.63, 3.8) is 0 Å². The summed E-state index contributed by atoms with van der Waals surface area (Å²) < 4.78 is 7.14. The monoisotopic (exact) mass is 395 g/mol. The van der Waals surface area contributed by atoms with E-state index in [0.717, 1.165) is 5.56 Å². The highest BCUT2D eigenvalue weighted by atomic mass is 16.4. The summed E-state index contributed by atoms with van der Waals surface area (Å²) in [5.74, 6) is 1.23. The number of benzene rings is 1. The Morgan fingerprint density at radius 1 is 1.00 bits per heavy atom. The highest BCUT2D eigenvalue weighted by Crippen LogP contribution is 2.20. The van der Waals surface area contributed by atoms with Gasteiger partial charge in [0, 0.05) is 44.6 Å². The Morgan fingerprint density at radius 3 is 2.41 bits per heavy atom. The minimum absolute atomic E-state index is 0.0389. The van der Waals surface area contributed by atoms with Gasteiger partial charge < -0.3 is 14.2 Å². The molecule has 1 aromatic carbocycles. The molecule has 0 N–H and O–H groups in total. The van der Waals surface area contributed by atoms with Crippen LogP contribution in [-0.4, -0.2) is 73.0 Å². The van der Waals surface area contributed by atoms with E-state index < -0.39 is 0 Å². The molecular formula is C19H21N7O3. The molecule has 1 saturated heterocycles. The molecule has 29 heavy (non-hydrogen) atoms. The molecule has 2 amide bonds. The molecule has 150 valence electrons. The fourth-order valence-corrected chi connectivity index (χ4v) is 3.23. The van der Waals surface area contributed by atoms with Gasteiger partial charge in [-0.15, -0.1) is 5.10 Å². The predicted octanol–water partition coefficient (Wildman–Crippen LogP) is 0.632. The standard InChI is InChI=1S/C19H21N7O3/c27-18(7-6-17-20-12-16(29-17)15-4-2-1-3-5-15)24-8-10-25(11-9-24)19(28)13-26-14-21-22-23-26/h1-5,12,14H,6-11,13H2. The third kappa shape index (κ3) is 4.65. The topological polar surface area (TPSA) is 110 Å². The first kappa shape index (κ1) is 18.8. The number of piperazine rings is 1. The molecule has 3 heterocycles. The van der Waals surface area contributed by atoms with Gasteiger partial charge in [0.25, 0.3) is 0 Å². The Morgan fingerprint density at radius 2 is 1.72 bits per heavy atom. The summed E-state index contributed by atoms with van der Waals surface area (Å²) in [5, 5.41) is 10.7. The van der Waals surface area contributed by atoms with Crippen molar-refractivity contribution < 1.29 is 14.0 Å². The first-order valence-electron chi connectivity index (χ1n) is 9.45. The number of tetrazole rings is 1. The fourth-order valence-electron chi connectivity index (χ4n) is 3.23. The lowest BCUT2D eigenvalue weighted by Crippen LogP contribution is -2.51. The van der Waals surface area contributed by atoms with Crippen LogP contribution in [0, 0.1) is 0 Å². The normalized spacial score (nSPS) is 14.2. The van der Waals surface area contributed by atoms with Crippen molar-refractivity contribution in [2.45, 2.75) is 19.4 Å². The molecule has 10 nitrogen and oxygen atoms in total. The lowest BCUT2D eigenvalue weighted by atomic mass is 10.2. The van der Waals surface area contributed by atoms with Crippen LogP contribution < -0.4 is 0 Å². The van der Waals surface area contributed by atoms with E-state index in [9.17, 15) is 9.59 Å². The molecule has 1 aliphatic rings. The van der Waals surface area contributed by atoms with Gasteiger partial charge in [-0.2, -0.15) is 0 Å². The molecule has 0 aliphatic carbocycles. The van der Waals surface area contributed by atoms with Crippen LogP contribution in [0.3, 0.4) is 0 Å². The number of carbonyl (C=O) groups excluding carboxylic acids is 2. The van der Waals surface area contributed by atoms with Crippen molar-refractivity contribution in [2.75, 3.05) is 26.2 Å². The Kier molecular flexibility index (Phi) is 5.59. The molecule has 1 aliphatic heterocycles. The van der Waals surface area contributed by atoms with Crippen molar-refractivity contribution >= 4 is 11.8 Å². The van der Waals surface area contributed by atoms with Gasteiger partial charge in [-0.3, -0.25) is 9.59 Å². The van der Waals surface area contributed by atoms with E-state index in [1.807, 2.05) is 30.3 Å². The van der Waals surface area contributed by atoms with Gasteiger partial charge in [0.1, 0.15) is 12.9 Å².